The summed E-state index contributed by atoms with van der Waals surface area (Å²) in [4.78, 5) is 28.5. The Labute approximate surface area is 194 Å². The van der Waals surface area contributed by atoms with Crippen molar-refractivity contribution in [2.75, 3.05) is 11.9 Å². The molecule has 0 saturated heterocycles. The van der Waals surface area contributed by atoms with Gasteiger partial charge in [0.25, 0.3) is 5.91 Å². The standard InChI is InChI=1S/C23H21BrClN3O3/c24-18-9-10-21(19(25)13-18)31-12-4-8-22(29)27-15-16-5-1-2-7-20(16)28-23(30)17-6-3-11-26-14-17/h1-3,5-7,9-11,13-14H,4,8,12,15H2,(H,27,29)(H,28,30). The van der Waals surface area contributed by atoms with Crippen LogP contribution in [0.1, 0.15) is 28.8 Å². The average molecular weight is 503 g/mol. The van der Waals surface area contributed by atoms with Crippen molar-refractivity contribution < 1.29 is 14.3 Å². The summed E-state index contributed by atoms with van der Waals surface area (Å²) < 4.78 is 6.50. The lowest BCUT2D eigenvalue weighted by atomic mass is 10.1. The zero-order chi connectivity index (χ0) is 22.1. The Balaban J connectivity index is 1.45. The van der Waals surface area contributed by atoms with Crippen molar-refractivity contribution in [1.82, 2.24) is 10.3 Å². The maximum atomic E-state index is 12.4. The van der Waals surface area contributed by atoms with Gasteiger partial charge in [-0.25, -0.2) is 0 Å². The van der Waals surface area contributed by atoms with Gasteiger partial charge in [-0.15, -0.1) is 0 Å². The Hall–Kier alpha value is -2.90. The summed E-state index contributed by atoms with van der Waals surface area (Å²) in [5, 5.41) is 6.26. The molecule has 0 aliphatic heterocycles. The summed E-state index contributed by atoms with van der Waals surface area (Å²) in [6.45, 7) is 0.689. The van der Waals surface area contributed by atoms with Crippen molar-refractivity contribution in [2.45, 2.75) is 19.4 Å². The van der Waals surface area contributed by atoms with E-state index in [-0.39, 0.29) is 11.8 Å². The van der Waals surface area contributed by atoms with Crippen LogP contribution in [0.25, 0.3) is 0 Å². The van der Waals surface area contributed by atoms with Gasteiger partial charge in [0.2, 0.25) is 5.91 Å². The maximum Gasteiger partial charge on any atom is 0.257 e. The number of ether oxygens (including phenoxy) is 1. The zero-order valence-corrected chi connectivity index (χ0v) is 18.9. The van der Waals surface area contributed by atoms with Crippen molar-refractivity contribution in [3.63, 3.8) is 0 Å². The second-order valence-corrected chi connectivity index (χ2v) is 7.98. The molecule has 0 fully saturated rings. The van der Waals surface area contributed by atoms with Crippen molar-refractivity contribution >= 4 is 45.0 Å². The molecule has 0 aliphatic carbocycles. The van der Waals surface area contributed by atoms with Crippen LogP contribution in [-0.4, -0.2) is 23.4 Å². The number of carbonyl (C=O) groups excluding carboxylic acids is 2. The Morgan fingerprint density at radius 2 is 1.94 bits per heavy atom. The molecule has 0 radical (unpaired) electrons. The van der Waals surface area contributed by atoms with E-state index < -0.39 is 0 Å². The number of amides is 2. The van der Waals surface area contributed by atoms with Crippen molar-refractivity contribution in [1.29, 1.82) is 0 Å². The van der Waals surface area contributed by atoms with Crippen LogP contribution in [0.2, 0.25) is 5.02 Å². The maximum absolute atomic E-state index is 12.4. The third-order valence-electron chi connectivity index (χ3n) is 4.36. The molecule has 0 bridgehead atoms. The Morgan fingerprint density at radius 3 is 2.71 bits per heavy atom. The number of halogens is 2. The lowest BCUT2D eigenvalue weighted by Crippen LogP contribution is -2.24. The largest absolute Gasteiger partial charge is 0.492 e. The summed E-state index contributed by atoms with van der Waals surface area (Å²) >= 11 is 9.46. The molecule has 160 valence electrons. The molecule has 1 heterocycles. The minimum atomic E-state index is -0.254. The smallest absolute Gasteiger partial charge is 0.257 e. The van der Waals surface area contributed by atoms with Gasteiger partial charge in [-0.2, -0.15) is 0 Å². The normalized spacial score (nSPS) is 10.4. The molecular weight excluding hydrogens is 482 g/mol. The summed E-state index contributed by atoms with van der Waals surface area (Å²) in [5.41, 5.74) is 1.92. The molecule has 2 aromatic carbocycles. The molecule has 0 atom stereocenters. The van der Waals surface area contributed by atoms with Crippen LogP contribution in [0.4, 0.5) is 5.69 Å². The molecule has 8 heteroatoms. The molecule has 31 heavy (non-hydrogen) atoms. The molecular formula is C23H21BrClN3O3. The number of carbonyl (C=O) groups is 2. The number of pyridine rings is 1. The van der Waals surface area contributed by atoms with Gasteiger partial charge in [-0.3, -0.25) is 14.6 Å². The molecule has 2 N–H and O–H groups in total. The van der Waals surface area contributed by atoms with Crippen molar-refractivity contribution in [3.05, 3.63) is 87.6 Å². The lowest BCUT2D eigenvalue weighted by Gasteiger charge is -2.12. The van der Waals surface area contributed by atoms with Gasteiger partial charge >= 0.3 is 0 Å². The first-order chi connectivity index (χ1) is 15.0. The van der Waals surface area contributed by atoms with E-state index in [0.29, 0.717) is 48.0 Å². The number of hydrogen-bond donors (Lipinski definition) is 2. The van der Waals surface area contributed by atoms with Gasteiger partial charge in [0.05, 0.1) is 17.2 Å². The predicted octanol–water partition coefficient (Wildman–Crippen LogP) is 5.23. The summed E-state index contributed by atoms with van der Waals surface area (Å²) in [6.07, 6.45) is 3.98. The number of rotatable bonds is 9. The highest BCUT2D eigenvalue weighted by molar-refractivity contribution is 9.10. The van der Waals surface area contributed by atoms with Gasteiger partial charge in [0.15, 0.2) is 0 Å². The van der Waals surface area contributed by atoms with E-state index in [4.69, 9.17) is 16.3 Å². The summed E-state index contributed by atoms with van der Waals surface area (Å²) in [7, 11) is 0. The third-order valence-corrected chi connectivity index (χ3v) is 5.15. The average Bonchev–Trinajstić information content (AvgIpc) is 2.78. The van der Waals surface area contributed by atoms with Crippen molar-refractivity contribution in [3.8, 4) is 5.75 Å². The van der Waals surface area contributed by atoms with Crippen LogP contribution < -0.4 is 15.4 Å². The number of para-hydroxylation sites is 1. The van der Waals surface area contributed by atoms with Crippen LogP contribution in [0.5, 0.6) is 5.75 Å². The van der Waals surface area contributed by atoms with Crippen LogP contribution in [-0.2, 0) is 11.3 Å². The van der Waals surface area contributed by atoms with E-state index in [1.54, 1.807) is 36.5 Å². The fourth-order valence-corrected chi connectivity index (χ4v) is 3.51. The third kappa shape index (κ3) is 7.08. The number of aromatic nitrogens is 1. The molecule has 0 saturated carbocycles. The van der Waals surface area contributed by atoms with Gasteiger partial charge < -0.3 is 15.4 Å². The lowest BCUT2D eigenvalue weighted by molar-refractivity contribution is -0.121. The number of anilines is 1. The highest BCUT2D eigenvalue weighted by atomic mass is 79.9. The summed E-state index contributed by atoms with van der Waals surface area (Å²) in [5.74, 6) is 0.234. The first-order valence-electron chi connectivity index (χ1n) is 9.67. The summed E-state index contributed by atoms with van der Waals surface area (Å²) in [6, 6.07) is 16.1. The molecule has 0 unspecified atom stereocenters. The van der Waals surface area contributed by atoms with E-state index in [1.165, 1.54) is 6.20 Å². The molecule has 1 aromatic heterocycles. The first kappa shape index (κ1) is 22.8. The minimum Gasteiger partial charge on any atom is -0.492 e. The predicted molar refractivity (Wildman–Crippen MR) is 124 cm³/mol. The minimum absolute atomic E-state index is 0.0982. The SMILES string of the molecule is O=C(CCCOc1ccc(Br)cc1Cl)NCc1ccccc1NC(=O)c1cccnc1. The van der Waals surface area contributed by atoms with Crippen LogP contribution in [0, 0.1) is 0 Å². The highest BCUT2D eigenvalue weighted by Crippen LogP contribution is 2.27. The van der Waals surface area contributed by atoms with E-state index in [2.05, 4.69) is 31.5 Å². The molecule has 3 rings (SSSR count). The van der Waals surface area contributed by atoms with Gasteiger partial charge in [-0.1, -0.05) is 45.7 Å². The molecule has 3 aromatic rings. The second kappa shape index (κ2) is 11.5. The monoisotopic (exact) mass is 501 g/mol. The Bertz CT molecular complexity index is 1050. The first-order valence-corrected chi connectivity index (χ1v) is 10.8. The van der Waals surface area contributed by atoms with Crippen molar-refractivity contribution in [2.24, 2.45) is 0 Å². The topological polar surface area (TPSA) is 80.3 Å². The van der Waals surface area contributed by atoms with Crippen LogP contribution in [0.15, 0.2) is 71.5 Å². The van der Waals surface area contributed by atoms with Gasteiger partial charge in [0.1, 0.15) is 5.75 Å². The van der Waals surface area contributed by atoms with E-state index in [1.807, 2.05) is 24.3 Å². The second-order valence-electron chi connectivity index (χ2n) is 6.66. The number of nitrogens with one attached hydrogen (secondary N) is 2. The number of benzene rings is 2. The van der Waals surface area contributed by atoms with Crippen LogP contribution >= 0.6 is 27.5 Å². The number of nitrogens with zero attached hydrogens (tertiary/aromatic N) is 1. The molecule has 2 amide bonds. The van der Waals surface area contributed by atoms with E-state index in [0.717, 1.165) is 10.0 Å². The van der Waals surface area contributed by atoms with Crippen LogP contribution in [0.3, 0.4) is 0 Å². The molecule has 0 aliphatic rings. The van der Waals surface area contributed by atoms with E-state index >= 15 is 0 Å². The number of hydrogen-bond acceptors (Lipinski definition) is 4. The molecule has 6 nitrogen and oxygen atoms in total. The van der Waals surface area contributed by atoms with Gasteiger partial charge in [-0.05, 0) is 48.4 Å². The highest BCUT2D eigenvalue weighted by Gasteiger charge is 2.10. The fraction of sp³-hybridized carbons (Fsp3) is 0.174. The zero-order valence-electron chi connectivity index (χ0n) is 16.6. The molecule has 0 spiro atoms. The Kier molecular flexibility index (Phi) is 8.44. The Morgan fingerprint density at radius 1 is 1.10 bits per heavy atom. The fourth-order valence-electron chi connectivity index (χ4n) is 2.78. The van der Waals surface area contributed by atoms with E-state index in [9.17, 15) is 9.59 Å². The van der Waals surface area contributed by atoms with Gasteiger partial charge in [0, 0.05) is 35.5 Å². The quantitative estimate of drug-likeness (QED) is 0.393.